The van der Waals surface area contributed by atoms with Crippen LogP contribution in [0.25, 0.3) is 11.1 Å². The minimum Gasteiger partial charge on any atom is -0.473 e. The Kier molecular flexibility index (Phi) is 5.02. The molecular formula is C20H14F3NO2. The normalized spacial score (nSPS) is 11.2. The lowest BCUT2D eigenvalue weighted by Gasteiger charge is -2.14. The molecule has 0 amide bonds. The van der Waals surface area contributed by atoms with Gasteiger partial charge < -0.3 is 4.74 Å². The summed E-state index contributed by atoms with van der Waals surface area (Å²) in [6.07, 6.45) is -2.72. The van der Waals surface area contributed by atoms with Gasteiger partial charge in [0, 0.05) is 23.4 Å². The van der Waals surface area contributed by atoms with Gasteiger partial charge in [0.05, 0.1) is 5.56 Å². The van der Waals surface area contributed by atoms with Crippen molar-refractivity contribution in [2.24, 2.45) is 0 Å². The van der Waals surface area contributed by atoms with Gasteiger partial charge in [0.1, 0.15) is 12.9 Å². The Hall–Kier alpha value is -3.15. The molecule has 0 aliphatic carbocycles. The predicted octanol–water partition coefficient (Wildman–Crippen LogP) is 5.16. The van der Waals surface area contributed by atoms with E-state index in [4.69, 9.17) is 4.74 Å². The van der Waals surface area contributed by atoms with E-state index in [1.807, 2.05) is 30.3 Å². The molecule has 1 aromatic heterocycles. The molecule has 2 aromatic carbocycles. The van der Waals surface area contributed by atoms with E-state index in [0.717, 1.165) is 17.7 Å². The Labute approximate surface area is 148 Å². The highest BCUT2D eigenvalue weighted by Gasteiger charge is 2.33. The second-order valence-electron chi connectivity index (χ2n) is 5.58. The molecule has 0 spiro atoms. The summed E-state index contributed by atoms with van der Waals surface area (Å²) in [5.74, 6) is 0.303. The van der Waals surface area contributed by atoms with E-state index in [2.05, 4.69) is 4.98 Å². The summed E-state index contributed by atoms with van der Waals surface area (Å²) in [4.78, 5) is 15.0. The molecule has 1 heterocycles. The number of carbonyl (C=O) groups is 1. The molecule has 3 aromatic rings. The van der Waals surface area contributed by atoms with Crippen molar-refractivity contribution in [2.75, 3.05) is 0 Å². The lowest BCUT2D eigenvalue weighted by Crippen LogP contribution is -2.07. The number of aldehydes is 1. The van der Waals surface area contributed by atoms with Crippen molar-refractivity contribution in [2.45, 2.75) is 12.8 Å². The van der Waals surface area contributed by atoms with Crippen molar-refractivity contribution in [1.29, 1.82) is 0 Å². The third kappa shape index (κ3) is 4.08. The molecule has 132 valence electrons. The molecule has 3 rings (SSSR count). The predicted molar refractivity (Wildman–Crippen MR) is 90.8 cm³/mol. The Morgan fingerprint density at radius 1 is 1.00 bits per heavy atom. The van der Waals surface area contributed by atoms with Crippen LogP contribution >= 0.6 is 0 Å². The Morgan fingerprint density at radius 3 is 2.38 bits per heavy atom. The van der Waals surface area contributed by atoms with Crippen molar-refractivity contribution >= 4 is 6.29 Å². The molecule has 0 radical (unpaired) electrons. The van der Waals surface area contributed by atoms with Gasteiger partial charge in [-0.25, -0.2) is 4.98 Å². The van der Waals surface area contributed by atoms with E-state index in [9.17, 15) is 18.0 Å². The van der Waals surface area contributed by atoms with E-state index in [1.54, 1.807) is 0 Å². The second-order valence-corrected chi connectivity index (χ2v) is 5.58. The molecule has 3 nitrogen and oxygen atoms in total. The zero-order valence-electron chi connectivity index (χ0n) is 13.5. The van der Waals surface area contributed by atoms with Crippen LogP contribution in [0.2, 0.25) is 0 Å². The van der Waals surface area contributed by atoms with Gasteiger partial charge in [-0.2, -0.15) is 13.2 Å². The lowest BCUT2D eigenvalue weighted by atomic mass is 9.98. The number of aromatic nitrogens is 1. The average molecular weight is 357 g/mol. The lowest BCUT2D eigenvalue weighted by molar-refractivity contribution is -0.137. The average Bonchev–Trinajstić information content (AvgIpc) is 2.66. The van der Waals surface area contributed by atoms with Crippen molar-refractivity contribution in [1.82, 2.24) is 4.98 Å². The fourth-order valence-corrected chi connectivity index (χ4v) is 2.48. The summed E-state index contributed by atoms with van der Waals surface area (Å²) < 4.78 is 45.2. The monoisotopic (exact) mass is 357 g/mol. The van der Waals surface area contributed by atoms with Crippen LogP contribution in [0.5, 0.6) is 5.88 Å². The van der Waals surface area contributed by atoms with Crippen LogP contribution < -0.4 is 4.74 Å². The topological polar surface area (TPSA) is 39.2 Å². The molecule has 0 aliphatic heterocycles. The zero-order valence-corrected chi connectivity index (χ0v) is 13.5. The SMILES string of the molecule is O=Cc1ccc(C(F)(F)F)c(-c2ccc(OCc3ccccc3)nc2)c1. The van der Waals surface area contributed by atoms with Gasteiger partial charge in [0.25, 0.3) is 0 Å². The fraction of sp³-hybridized carbons (Fsp3) is 0.100. The van der Waals surface area contributed by atoms with E-state index >= 15 is 0 Å². The molecular weight excluding hydrogens is 343 g/mol. The molecule has 0 saturated carbocycles. The molecule has 0 aliphatic rings. The van der Waals surface area contributed by atoms with Gasteiger partial charge in [0.15, 0.2) is 0 Å². The molecule has 0 fully saturated rings. The zero-order chi connectivity index (χ0) is 18.6. The van der Waals surface area contributed by atoms with Gasteiger partial charge in [-0.05, 0) is 29.3 Å². The number of halogens is 3. The van der Waals surface area contributed by atoms with Crippen molar-refractivity contribution in [3.63, 3.8) is 0 Å². The fourth-order valence-electron chi connectivity index (χ4n) is 2.48. The molecule has 0 bridgehead atoms. The maximum absolute atomic E-state index is 13.2. The number of pyridine rings is 1. The van der Waals surface area contributed by atoms with Crippen LogP contribution in [0.4, 0.5) is 13.2 Å². The van der Waals surface area contributed by atoms with Crippen molar-refractivity contribution in [3.8, 4) is 17.0 Å². The van der Waals surface area contributed by atoms with Crippen LogP contribution in [-0.2, 0) is 12.8 Å². The van der Waals surface area contributed by atoms with Crippen LogP contribution in [0.3, 0.4) is 0 Å². The quantitative estimate of drug-likeness (QED) is 0.592. The highest BCUT2D eigenvalue weighted by atomic mass is 19.4. The molecule has 26 heavy (non-hydrogen) atoms. The molecule has 0 N–H and O–H groups in total. The Balaban J connectivity index is 1.85. The number of rotatable bonds is 5. The molecule has 0 saturated heterocycles. The molecule has 0 atom stereocenters. The highest BCUT2D eigenvalue weighted by Crippen LogP contribution is 2.37. The maximum Gasteiger partial charge on any atom is 0.417 e. The summed E-state index contributed by atoms with van der Waals surface area (Å²) in [5, 5.41) is 0. The Bertz CT molecular complexity index is 891. The number of benzene rings is 2. The number of carbonyl (C=O) groups excluding carboxylic acids is 1. The first-order chi connectivity index (χ1) is 12.5. The van der Waals surface area contributed by atoms with Gasteiger partial charge in [-0.15, -0.1) is 0 Å². The van der Waals surface area contributed by atoms with Crippen molar-refractivity contribution in [3.05, 3.63) is 83.6 Å². The number of hydrogen-bond donors (Lipinski definition) is 0. The summed E-state index contributed by atoms with van der Waals surface area (Å²) in [6.45, 7) is 0.307. The molecule has 6 heteroatoms. The summed E-state index contributed by atoms with van der Waals surface area (Å²) in [7, 11) is 0. The second kappa shape index (κ2) is 7.39. The van der Waals surface area contributed by atoms with E-state index in [0.29, 0.717) is 18.8 Å². The summed E-state index contributed by atoms with van der Waals surface area (Å²) in [6, 6.07) is 15.7. The van der Waals surface area contributed by atoms with E-state index < -0.39 is 11.7 Å². The van der Waals surface area contributed by atoms with Gasteiger partial charge in [0.2, 0.25) is 5.88 Å². The minimum atomic E-state index is -4.53. The maximum atomic E-state index is 13.2. The van der Waals surface area contributed by atoms with Gasteiger partial charge >= 0.3 is 6.18 Å². The van der Waals surface area contributed by atoms with Gasteiger partial charge in [-0.1, -0.05) is 36.4 Å². The number of ether oxygens (including phenoxy) is 1. The highest BCUT2D eigenvalue weighted by molar-refractivity contribution is 5.80. The standard InChI is InChI=1S/C20H14F3NO2/c21-20(22,23)18-8-6-15(12-25)10-17(18)16-7-9-19(24-11-16)26-13-14-4-2-1-3-5-14/h1-12H,13H2. The minimum absolute atomic E-state index is 0.0933. The van der Waals surface area contributed by atoms with Crippen LogP contribution in [-0.4, -0.2) is 11.3 Å². The van der Waals surface area contributed by atoms with Crippen molar-refractivity contribution < 1.29 is 22.7 Å². The van der Waals surface area contributed by atoms with E-state index in [1.165, 1.54) is 24.4 Å². The smallest absolute Gasteiger partial charge is 0.417 e. The van der Waals surface area contributed by atoms with Gasteiger partial charge in [-0.3, -0.25) is 4.79 Å². The van der Waals surface area contributed by atoms with Crippen LogP contribution in [0, 0.1) is 0 Å². The van der Waals surface area contributed by atoms with Crippen LogP contribution in [0.1, 0.15) is 21.5 Å². The third-order valence-corrected chi connectivity index (χ3v) is 3.76. The third-order valence-electron chi connectivity index (χ3n) is 3.76. The summed E-state index contributed by atoms with van der Waals surface area (Å²) in [5.41, 5.74) is 0.467. The Morgan fingerprint density at radius 2 is 1.77 bits per heavy atom. The number of nitrogens with zero attached hydrogens (tertiary/aromatic N) is 1. The molecule has 0 unspecified atom stereocenters. The first-order valence-electron chi connectivity index (χ1n) is 7.77. The van der Waals surface area contributed by atoms with Crippen LogP contribution in [0.15, 0.2) is 66.9 Å². The number of hydrogen-bond acceptors (Lipinski definition) is 3. The largest absolute Gasteiger partial charge is 0.473 e. The summed E-state index contributed by atoms with van der Waals surface area (Å²) >= 11 is 0. The first-order valence-corrected chi connectivity index (χ1v) is 7.77. The first kappa shape index (κ1) is 17.7. The van der Waals surface area contributed by atoms with E-state index in [-0.39, 0.29) is 16.7 Å². The number of alkyl halides is 3.